The van der Waals surface area contributed by atoms with Gasteiger partial charge in [0.2, 0.25) is 0 Å². The van der Waals surface area contributed by atoms with Crippen LogP contribution < -0.4 is 0 Å². The van der Waals surface area contributed by atoms with Crippen molar-refractivity contribution in [1.29, 1.82) is 0 Å². The molecule has 1 aromatic heterocycles. The van der Waals surface area contributed by atoms with Crippen molar-refractivity contribution in [2.24, 2.45) is 23.7 Å². The lowest BCUT2D eigenvalue weighted by Gasteiger charge is -2.35. The summed E-state index contributed by atoms with van der Waals surface area (Å²) in [4.78, 5) is 121. The summed E-state index contributed by atoms with van der Waals surface area (Å²) >= 11 is 0. The molecule has 19 heteroatoms. The van der Waals surface area contributed by atoms with Crippen LogP contribution in [0.5, 0.6) is 5.75 Å². The zero-order chi connectivity index (χ0) is 56.0. The van der Waals surface area contributed by atoms with Crippen LogP contribution in [0.4, 0.5) is 0 Å². The van der Waals surface area contributed by atoms with Crippen molar-refractivity contribution in [3.63, 3.8) is 0 Å². The number of benzene rings is 2. The number of nitrogens with zero attached hydrogens (tertiary/aromatic N) is 6. The number of carbonyl (C=O) groups is 8. The molecule has 1 aliphatic rings. The number of aromatic hydroxyl groups is 1. The fourth-order valence-electron chi connectivity index (χ4n) is 9.00. The smallest absolute Gasteiger partial charge is 0.329 e. The van der Waals surface area contributed by atoms with Crippen LogP contribution in [0.2, 0.25) is 0 Å². The van der Waals surface area contributed by atoms with E-state index < -0.39 is 96.1 Å². The minimum atomic E-state index is -1.57. The van der Waals surface area contributed by atoms with Crippen LogP contribution in [-0.2, 0) is 76.7 Å². The van der Waals surface area contributed by atoms with Gasteiger partial charge in [0, 0.05) is 41.0 Å². The van der Waals surface area contributed by atoms with Gasteiger partial charge in [0.25, 0.3) is 23.6 Å². The highest BCUT2D eigenvalue weighted by molar-refractivity contribution is 5.94. The van der Waals surface area contributed by atoms with E-state index in [1.54, 1.807) is 48.5 Å². The minimum absolute atomic E-state index is 0.0220. The third kappa shape index (κ3) is 17.4. The molecule has 2 aromatic carbocycles. The summed E-state index contributed by atoms with van der Waals surface area (Å²) < 4.78 is 25.5. The van der Waals surface area contributed by atoms with Gasteiger partial charge in [-0.1, -0.05) is 110 Å². The molecule has 0 saturated carbocycles. The highest BCUT2D eigenvalue weighted by Gasteiger charge is 2.43. The van der Waals surface area contributed by atoms with Crippen molar-refractivity contribution in [1.82, 2.24) is 29.4 Å². The predicted molar refractivity (Wildman–Crippen MR) is 278 cm³/mol. The summed E-state index contributed by atoms with van der Waals surface area (Å²) in [5, 5.41) is 14.0. The number of likely N-dealkylation sites (N-methyl/N-ethyl adjacent to an activating group) is 4. The van der Waals surface area contributed by atoms with Crippen molar-refractivity contribution in [2.45, 2.75) is 163 Å². The largest absolute Gasteiger partial charge is 0.505 e. The van der Waals surface area contributed by atoms with Gasteiger partial charge in [-0.2, -0.15) is 5.10 Å². The molecule has 4 amide bonds. The Morgan fingerprint density at radius 1 is 0.480 bits per heavy atom. The first-order valence-corrected chi connectivity index (χ1v) is 25.9. The lowest BCUT2D eigenvalue weighted by atomic mass is 9.99. The maximum atomic E-state index is 15.0. The number of cyclic esters (lactones) is 4. The van der Waals surface area contributed by atoms with Crippen molar-refractivity contribution in [2.75, 3.05) is 28.2 Å². The van der Waals surface area contributed by atoms with Gasteiger partial charge in [0.15, 0.2) is 30.2 Å². The minimum Gasteiger partial charge on any atom is -0.505 e. The number of esters is 4. The second-order valence-corrected chi connectivity index (χ2v) is 21.5. The highest BCUT2D eigenvalue weighted by atomic mass is 16.6. The SMILES string of the molecule is CC(C)C[C@H]1C(=O)O[C@H](Cc2cccc(Cn3cc(O)cn3)c2)C(=O)N(C)[C@@H](CC(C)C)C(=O)O[C@H](C)C(=O)N(C)[C@@H](CC(C)C)C(=O)O[C@H](Cc2ccccc2)C(=O)N(C)[C@@H](CC(C)C)C(=O)O[C@H](C)C(=O)N1C. The van der Waals surface area contributed by atoms with Crippen LogP contribution in [-0.4, -0.2) is 159 Å². The molecule has 0 aliphatic carbocycles. The monoisotopic (exact) mass is 1040 g/mol. The first kappa shape index (κ1) is 60.8. The Bertz CT molecular complexity index is 2420. The first-order chi connectivity index (χ1) is 35.2. The molecule has 8 atom stereocenters. The Labute approximate surface area is 442 Å². The maximum Gasteiger partial charge on any atom is 0.329 e. The highest BCUT2D eigenvalue weighted by Crippen LogP contribution is 2.25. The van der Waals surface area contributed by atoms with Gasteiger partial charge in [0.1, 0.15) is 24.2 Å². The topological polar surface area (TPSA) is 224 Å². The van der Waals surface area contributed by atoms with E-state index in [1.165, 1.54) is 59.1 Å². The normalized spacial score (nSPS) is 24.0. The van der Waals surface area contributed by atoms with E-state index >= 15 is 0 Å². The van der Waals surface area contributed by atoms with E-state index in [4.69, 9.17) is 18.9 Å². The van der Waals surface area contributed by atoms with E-state index in [0.717, 1.165) is 25.2 Å². The quantitative estimate of drug-likeness (QED) is 0.153. The molecule has 1 N–H and O–H groups in total. The van der Waals surface area contributed by atoms with Gasteiger partial charge < -0.3 is 43.7 Å². The van der Waals surface area contributed by atoms with Gasteiger partial charge in [-0.3, -0.25) is 23.9 Å². The number of hydrogen-bond donors (Lipinski definition) is 1. The molecule has 1 aliphatic heterocycles. The van der Waals surface area contributed by atoms with Gasteiger partial charge in [-0.15, -0.1) is 0 Å². The zero-order valence-corrected chi connectivity index (χ0v) is 46.3. The number of carbonyl (C=O) groups excluding carboxylic acids is 8. The second-order valence-electron chi connectivity index (χ2n) is 21.5. The molecule has 75 heavy (non-hydrogen) atoms. The van der Waals surface area contributed by atoms with Crippen molar-refractivity contribution < 1.29 is 62.4 Å². The van der Waals surface area contributed by atoms with Crippen LogP contribution in [0.15, 0.2) is 67.0 Å². The van der Waals surface area contributed by atoms with Gasteiger partial charge in [-0.05, 0) is 79.9 Å². The number of rotatable bonds is 14. The molecule has 0 bridgehead atoms. The number of amides is 4. The fraction of sp³-hybridized carbons (Fsp3) is 0.589. The predicted octanol–water partition coefficient (Wildman–Crippen LogP) is 5.62. The fourth-order valence-corrected chi connectivity index (χ4v) is 9.00. The van der Waals surface area contributed by atoms with E-state index in [0.29, 0.717) is 11.1 Å². The molecule has 0 unspecified atom stereocenters. The third-order valence-corrected chi connectivity index (χ3v) is 13.1. The number of aromatic nitrogens is 2. The van der Waals surface area contributed by atoms with E-state index in [9.17, 15) is 43.5 Å². The van der Waals surface area contributed by atoms with Crippen LogP contribution >= 0.6 is 0 Å². The van der Waals surface area contributed by atoms with Crippen LogP contribution in [0, 0.1) is 23.7 Å². The molecular formula is C56H80N6O13. The lowest BCUT2D eigenvalue weighted by Crippen LogP contribution is -2.55. The lowest BCUT2D eigenvalue weighted by molar-refractivity contribution is -0.176. The molecule has 0 radical (unpaired) electrons. The summed E-state index contributed by atoms with van der Waals surface area (Å²) in [5.41, 5.74) is 1.94. The van der Waals surface area contributed by atoms with Crippen LogP contribution in [0.25, 0.3) is 0 Å². The molecule has 1 saturated heterocycles. The van der Waals surface area contributed by atoms with Crippen LogP contribution in [0.3, 0.4) is 0 Å². The van der Waals surface area contributed by atoms with Crippen molar-refractivity contribution in [3.05, 3.63) is 83.7 Å². The van der Waals surface area contributed by atoms with Gasteiger partial charge in [-0.25, -0.2) is 19.2 Å². The Hall–Kier alpha value is -6.79. The Morgan fingerprint density at radius 3 is 1.20 bits per heavy atom. The molecule has 3 aromatic rings. The summed E-state index contributed by atoms with van der Waals surface area (Å²) in [6.45, 7) is 17.7. The second kappa shape index (κ2) is 27.7. The molecule has 19 nitrogen and oxygen atoms in total. The molecule has 0 spiro atoms. The molecular weight excluding hydrogens is 965 g/mol. The third-order valence-electron chi connectivity index (χ3n) is 13.1. The van der Waals surface area contributed by atoms with E-state index in [1.807, 2.05) is 61.5 Å². The molecule has 4 rings (SSSR count). The van der Waals surface area contributed by atoms with Gasteiger partial charge >= 0.3 is 23.9 Å². The van der Waals surface area contributed by atoms with E-state index in [2.05, 4.69) is 5.10 Å². The summed E-state index contributed by atoms with van der Waals surface area (Å²) in [7, 11) is 5.51. The average molecular weight is 1050 g/mol. The Balaban J connectivity index is 1.87. The maximum absolute atomic E-state index is 15.0. The van der Waals surface area contributed by atoms with Crippen molar-refractivity contribution in [3.8, 4) is 5.75 Å². The van der Waals surface area contributed by atoms with E-state index in [-0.39, 0.29) is 74.5 Å². The Morgan fingerprint density at radius 2 is 0.827 bits per heavy atom. The first-order valence-electron chi connectivity index (χ1n) is 25.9. The molecule has 2 heterocycles. The standard InChI is InChI=1S/C56H80N6O13/c1-33(2)23-43-53(68)72-38(10)50(65)59(12)46(26-36(7)8)56(71)75-48(29-40-21-18-22-41(27-40)31-62-32-42(63)30-57-62)52(67)61(14)44(24-34(3)4)54(69)73-37(9)49(64)58(11)45(25-35(5)6)55(70)74-47(51(66)60(43)13)28-39-19-16-15-17-20-39/h15-22,27,30,32-38,43-48,63H,23-26,28-29,31H2,1-14H3/t37-,38-,43+,44+,45+,46+,47-,48-/m1/s1. The Kier molecular flexibility index (Phi) is 22.4. The zero-order valence-electron chi connectivity index (χ0n) is 46.3. The molecule has 412 valence electrons. The van der Waals surface area contributed by atoms with Crippen molar-refractivity contribution >= 4 is 47.5 Å². The average Bonchev–Trinajstić information content (AvgIpc) is 3.76. The molecule has 1 fully saturated rings. The summed E-state index contributed by atoms with van der Waals surface area (Å²) in [6, 6.07) is 10.8. The number of ether oxygens (including phenoxy) is 4. The summed E-state index contributed by atoms with van der Waals surface area (Å²) in [5.74, 6) is -7.51. The van der Waals surface area contributed by atoms with Gasteiger partial charge in [0.05, 0.1) is 18.9 Å². The number of hydrogen-bond acceptors (Lipinski definition) is 14. The summed E-state index contributed by atoms with van der Waals surface area (Å²) in [6.07, 6.45) is -3.23. The van der Waals surface area contributed by atoms with Crippen LogP contribution in [0.1, 0.15) is 112 Å².